The summed E-state index contributed by atoms with van der Waals surface area (Å²) in [7, 11) is -3.77. The van der Waals surface area contributed by atoms with Gasteiger partial charge < -0.3 is 25.4 Å². The number of carboxylic acids is 1. The quantitative estimate of drug-likeness (QED) is 0.287. The minimum Gasteiger partial charge on any atom is -0.482 e. The van der Waals surface area contributed by atoms with E-state index < -0.39 is 28.5 Å². The number of hydrogen-bond donors (Lipinski definition) is 4. The SMILES string of the molecule is O=C(O)COc1ccc(S(=O)(=O)c2ccc(CC(CO)NC[C@H](O)c3cccc(Cl)c3)cc2)cc1. The van der Waals surface area contributed by atoms with Crippen molar-refractivity contribution in [3.05, 3.63) is 88.9 Å². The molecule has 0 fully saturated rings. The summed E-state index contributed by atoms with van der Waals surface area (Å²) in [6.45, 7) is -0.473. The number of benzene rings is 3. The summed E-state index contributed by atoms with van der Waals surface area (Å²) in [5.74, 6) is -0.873. The average molecular weight is 520 g/mol. The average Bonchev–Trinajstić information content (AvgIpc) is 2.85. The van der Waals surface area contributed by atoms with E-state index in [0.29, 0.717) is 17.0 Å². The molecule has 0 heterocycles. The summed E-state index contributed by atoms with van der Waals surface area (Å²) in [6.07, 6.45) is -0.370. The molecule has 10 heteroatoms. The van der Waals surface area contributed by atoms with Crippen molar-refractivity contribution >= 4 is 27.4 Å². The van der Waals surface area contributed by atoms with Gasteiger partial charge in [-0.1, -0.05) is 35.9 Å². The van der Waals surface area contributed by atoms with Crippen LogP contribution in [0.25, 0.3) is 0 Å². The zero-order valence-corrected chi connectivity index (χ0v) is 20.2. The van der Waals surface area contributed by atoms with Crippen molar-refractivity contribution in [3.63, 3.8) is 0 Å². The summed E-state index contributed by atoms with van der Waals surface area (Å²) in [6, 6.07) is 18.4. The van der Waals surface area contributed by atoms with Crippen LogP contribution in [0.3, 0.4) is 0 Å². The number of hydrogen-bond acceptors (Lipinski definition) is 7. The number of rotatable bonds is 12. The van der Waals surface area contributed by atoms with Crippen LogP contribution < -0.4 is 10.1 Å². The number of sulfone groups is 1. The maximum absolute atomic E-state index is 12.9. The minimum absolute atomic E-state index is 0.0535. The van der Waals surface area contributed by atoms with Crippen molar-refractivity contribution in [2.45, 2.75) is 28.4 Å². The monoisotopic (exact) mass is 519 g/mol. The number of ether oxygens (including phenoxy) is 1. The zero-order chi connectivity index (χ0) is 25.4. The van der Waals surface area contributed by atoms with Gasteiger partial charge in [0.2, 0.25) is 9.84 Å². The fourth-order valence-corrected chi connectivity index (χ4v) is 4.86. The molecule has 35 heavy (non-hydrogen) atoms. The highest BCUT2D eigenvalue weighted by Crippen LogP contribution is 2.24. The molecular weight excluding hydrogens is 494 g/mol. The van der Waals surface area contributed by atoms with Gasteiger partial charge in [-0.3, -0.25) is 0 Å². The Kier molecular flexibility index (Phi) is 9.25. The number of carboxylic acid groups (broad SMARTS) is 1. The third-order valence-electron chi connectivity index (χ3n) is 5.27. The molecule has 4 N–H and O–H groups in total. The molecule has 3 aromatic rings. The molecule has 186 valence electrons. The van der Waals surface area contributed by atoms with Gasteiger partial charge >= 0.3 is 5.97 Å². The maximum Gasteiger partial charge on any atom is 0.341 e. The van der Waals surface area contributed by atoms with Crippen LogP contribution in [0, 0.1) is 0 Å². The highest BCUT2D eigenvalue weighted by atomic mass is 35.5. The Bertz CT molecular complexity index is 1230. The maximum atomic E-state index is 12.9. The lowest BCUT2D eigenvalue weighted by Gasteiger charge is -2.19. The normalized spacial score (nSPS) is 13.2. The van der Waals surface area contributed by atoms with Crippen molar-refractivity contribution in [2.75, 3.05) is 19.8 Å². The molecule has 0 aliphatic carbocycles. The summed E-state index contributed by atoms with van der Waals surface area (Å²) < 4.78 is 30.9. The first-order chi connectivity index (χ1) is 16.7. The molecule has 3 aromatic carbocycles. The van der Waals surface area contributed by atoms with E-state index in [0.717, 1.165) is 5.56 Å². The third-order valence-corrected chi connectivity index (χ3v) is 7.29. The highest BCUT2D eigenvalue weighted by molar-refractivity contribution is 7.91. The molecule has 3 rings (SSSR count). The number of aliphatic carboxylic acids is 1. The van der Waals surface area contributed by atoms with Crippen LogP contribution in [0.1, 0.15) is 17.2 Å². The van der Waals surface area contributed by atoms with E-state index in [-0.39, 0.29) is 34.7 Å². The van der Waals surface area contributed by atoms with Crippen molar-refractivity contribution in [2.24, 2.45) is 0 Å². The van der Waals surface area contributed by atoms with E-state index >= 15 is 0 Å². The van der Waals surface area contributed by atoms with Gasteiger partial charge in [-0.25, -0.2) is 13.2 Å². The molecule has 0 aliphatic heterocycles. The molecule has 8 nitrogen and oxygen atoms in total. The molecular formula is C25H26ClNO7S. The van der Waals surface area contributed by atoms with Gasteiger partial charge in [0.1, 0.15) is 5.75 Å². The van der Waals surface area contributed by atoms with Crippen molar-refractivity contribution in [1.29, 1.82) is 0 Å². The number of carbonyl (C=O) groups is 1. The predicted octanol–water partition coefficient (Wildman–Crippen LogP) is 2.86. The Balaban J connectivity index is 1.61. The Hall–Kier alpha value is -2.95. The first kappa shape index (κ1) is 26.7. The Morgan fingerprint density at radius 3 is 2.20 bits per heavy atom. The van der Waals surface area contributed by atoms with Gasteiger partial charge in [0.25, 0.3) is 0 Å². The second-order valence-electron chi connectivity index (χ2n) is 7.86. The van der Waals surface area contributed by atoms with Gasteiger partial charge in [-0.15, -0.1) is 0 Å². The van der Waals surface area contributed by atoms with Gasteiger partial charge in [0.15, 0.2) is 6.61 Å². The smallest absolute Gasteiger partial charge is 0.341 e. The van der Waals surface area contributed by atoms with Gasteiger partial charge in [0, 0.05) is 17.6 Å². The molecule has 0 bridgehead atoms. The van der Waals surface area contributed by atoms with Gasteiger partial charge in [-0.2, -0.15) is 0 Å². The van der Waals surface area contributed by atoms with Crippen molar-refractivity contribution < 1.29 is 33.3 Å². The Morgan fingerprint density at radius 1 is 1.00 bits per heavy atom. The molecule has 0 aliphatic rings. The summed E-state index contributed by atoms with van der Waals surface area (Å²) >= 11 is 5.96. The number of aliphatic hydroxyl groups excluding tert-OH is 2. The van der Waals surface area contributed by atoms with E-state index in [1.54, 1.807) is 36.4 Å². The molecule has 0 amide bonds. The fourth-order valence-electron chi connectivity index (χ4n) is 3.40. The highest BCUT2D eigenvalue weighted by Gasteiger charge is 2.19. The zero-order valence-electron chi connectivity index (χ0n) is 18.7. The van der Waals surface area contributed by atoms with Crippen LogP contribution in [-0.2, 0) is 21.1 Å². The van der Waals surface area contributed by atoms with Crippen molar-refractivity contribution in [3.8, 4) is 5.75 Å². The number of nitrogens with one attached hydrogen (secondary N) is 1. The van der Waals surface area contributed by atoms with E-state index in [9.17, 15) is 23.4 Å². The van der Waals surface area contributed by atoms with E-state index in [1.807, 2.05) is 0 Å². The van der Waals surface area contributed by atoms with E-state index in [2.05, 4.69) is 5.32 Å². The lowest BCUT2D eigenvalue weighted by molar-refractivity contribution is -0.139. The molecule has 0 spiro atoms. The Labute approximate surface area is 208 Å². The second-order valence-corrected chi connectivity index (χ2v) is 10.2. The molecule has 1 unspecified atom stereocenters. The molecule has 0 radical (unpaired) electrons. The summed E-state index contributed by atoms with van der Waals surface area (Å²) in [5, 5.41) is 32.4. The second kappa shape index (κ2) is 12.1. The summed E-state index contributed by atoms with van der Waals surface area (Å²) in [5.41, 5.74) is 1.47. The number of halogens is 1. The third kappa shape index (κ3) is 7.51. The standard InChI is InChI=1S/C25H26ClNO7S/c26-19-3-1-2-18(13-19)24(29)14-27-20(15-28)12-17-4-8-22(9-5-17)35(32,33)23-10-6-21(7-11-23)34-16-25(30)31/h1-11,13,20,24,27-29H,12,14-16H2,(H,30,31)/t20?,24-/m0/s1. The first-order valence-electron chi connectivity index (χ1n) is 10.8. The fraction of sp³-hybridized carbons (Fsp3) is 0.240. The van der Waals surface area contributed by atoms with Gasteiger partial charge in [-0.05, 0) is 66.1 Å². The van der Waals surface area contributed by atoms with Crippen LogP contribution in [0.2, 0.25) is 5.02 Å². The Morgan fingerprint density at radius 2 is 1.63 bits per heavy atom. The lowest BCUT2D eigenvalue weighted by atomic mass is 10.1. The van der Waals surface area contributed by atoms with Crippen LogP contribution >= 0.6 is 11.6 Å². The van der Waals surface area contributed by atoms with Crippen LogP contribution in [0.15, 0.2) is 82.6 Å². The van der Waals surface area contributed by atoms with Crippen LogP contribution in [0.4, 0.5) is 0 Å². The minimum atomic E-state index is -3.77. The first-order valence-corrected chi connectivity index (χ1v) is 12.6. The van der Waals surface area contributed by atoms with Crippen molar-refractivity contribution in [1.82, 2.24) is 5.32 Å². The van der Waals surface area contributed by atoms with E-state index in [4.69, 9.17) is 21.4 Å². The topological polar surface area (TPSA) is 133 Å². The molecule has 2 atom stereocenters. The van der Waals surface area contributed by atoms with E-state index in [1.165, 1.54) is 36.4 Å². The molecule has 0 saturated heterocycles. The molecule has 0 saturated carbocycles. The number of aliphatic hydroxyl groups is 2. The summed E-state index contributed by atoms with van der Waals surface area (Å²) in [4.78, 5) is 10.7. The predicted molar refractivity (Wildman–Crippen MR) is 130 cm³/mol. The van der Waals surface area contributed by atoms with Crippen LogP contribution in [0.5, 0.6) is 5.75 Å². The largest absolute Gasteiger partial charge is 0.482 e. The van der Waals surface area contributed by atoms with Crippen LogP contribution in [-0.4, -0.2) is 55.5 Å². The van der Waals surface area contributed by atoms with Gasteiger partial charge in [0.05, 0.1) is 22.5 Å². The lowest BCUT2D eigenvalue weighted by Crippen LogP contribution is -2.37. The molecule has 0 aromatic heterocycles.